The van der Waals surface area contributed by atoms with Crippen LogP contribution in [0.2, 0.25) is 0 Å². The Kier molecular flexibility index (Phi) is 4.94. The van der Waals surface area contributed by atoms with Crippen molar-refractivity contribution in [1.29, 1.82) is 0 Å². The zero-order valence-electron chi connectivity index (χ0n) is 12.5. The number of halogens is 1. The van der Waals surface area contributed by atoms with E-state index in [0.29, 0.717) is 31.6 Å². The number of rotatable bonds is 4. The summed E-state index contributed by atoms with van der Waals surface area (Å²) in [5.74, 6) is -0.560. The molecular formula is C16H21FN2O2. The van der Waals surface area contributed by atoms with Crippen molar-refractivity contribution in [3.8, 4) is 0 Å². The molecule has 1 heterocycles. The third-order valence-electron chi connectivity index (χ3n) is 3.97. The third-order valence-corrected chi connectivity index (χ3v) is 3.97. The first-order chi connectivity index (χ1) is 10.1. The highest BCUT2D eigenvalue weighted by molar-refractivity contribution is 5.97. The number of nitrogens with zero attached hydrogens (tertiary/aromatic N) is 2. The third kappa shape index (κ3) is 3.23. The Morgan fingerprint density at radius 3 is 2.43 bits per heavy atom. The molecule has 0 radical (unpaired) electrons. The summed E-state index contributed by atoms with van der Waals surface area (Å²) < 4.78 is 12.9. The van der Waals surface area contributed by atoms with Crippen LogP contribution in [0.25, 0.3) is 0 Å². The maximum atomic E-state index is 12.9. The second-order valence-electron chi connectivity index (χ2n) is 5.17. The van der Waals surface area contributed by atoms with E-state index in [9.17, 15) is 14.0 Å². The van der Waals surface area contributed by atoms with E-state index in [1.165, 1.54) is 24.3 Å². The van der Waals surface area contributed by atoms with Gasteiger partial charge in [-0.25, -0.2) is 4.39 Å². The molecule has 1 aliphatic rings. The van der Waals surface area contributed by atoms with Gasteiger partial charge in [-0.1, -0.05) is 0 Å². The van der Waals surface area contributed by atoms with Crippen LogP contribution in [0.15, 0.2) is 24.3 Å². The topological polar surface area (TPSA) is 40.6 Å². The maximum absolute atomic E-state index is 12.9. The Bertz CT molecular complexity index is 512. The van der Waals surface area contributed by atoms with Gasteiger partial charge in [0.1, 0.15) is 11.9 Å². The minimum atomic E-state index is -0.387. The van der Waals surface area contributed by atoms with Crippen LogP contribution >= 0.6 is 0 Å². The quantitative estimate of drug-likeness (QED) is 0.854. The fraction of sp³-hybridized carbons (Fsp3) is 0.500. The molecule has 2 amide bonds. The first-order valence-electron chi connectivity index (χ1n) is 7.43. The second-order valence-corrected chi connectivity index (χ2v) is 5.17. The SMILES string of the molecule is CCN(CC)C(=O)[C@@H]1CCCN1C(=O)c1ccc(F)cc1. The van der Waals surface area contributed by atoms with Crippen LogP contribution < -0.4 is 0 Å². The minimum absolute atomic E-state index is 0.00737. The zero-order valence-corrected chi connectivity index (χ0v) is 12.5. The first kappa shape index (κ1) is 15.5. The van der Waals surface area contributed by atoms with E-state index in [4.69, 9.17) is 0 Å². The van der Waals surface area contributed by atoms with Crippen molar-refractivity contribution in [3.05, 3.63) is 35.6 Å². The molecule has 0 aromatic heterocycles. The van der Waals surface area contributed by atoms with Crippen molar-refractivity contribution in [2.45, 2.75) is 32.7 Å². The highest BCUT2D eigenvalue weighted by atomic mass is 19.1. The van der Waals surface area contributed by atoms with Gasteiger partial charge in [-0.15, -0.1) is 0 Å². The Morgan fingerprint density at radius 1 is 1.24 bits per heavy atom. The van der Waals surface area contributed by atoms with Crippen LogP contribution in [0, 0.1) is 5.82 Å². The van der Waals surface area contributed by atoms with E-state index in [0.717, 1.165) is 6.42 Å². The lowest BCUT2D eigenvalue weighted by Gasteiger charge is -2.29. The highest BCUT2D eigenvalue weighted by Crippen LogP contribution is 2.22. The van der Waals surface area contributed by atoms with Gasteiger partial charge in [0.2, 0.25) is 5.91 Å². The number of hydrogen-bond acceptors (Lipinski definition) is 2. The average molecular weight is 292 g/mol. The van der Waals surface area contributed by atoms with E-state index >= 15 is 0 Å². The van der Waals surface area contributed by atoms with Crippen LogP contribution in [0.3, 0.4) is 0 Å². The monoisotopic (exact) mass is 292 g/mol. The molecule has 1 fully saturated rings. The number of likely N-dealkylation sites (tertiary alicyclic amines) is 1. The molecule has 0 saturated carbocycles. The summed E-state index contributed by atoms with van der Waals surface area (Å²) in [7, 11) is 0. The van der Waals surface area contributed by atoms with E-state index in [1.54, 1.807) is 9.80 Å². The number of hydrogen-bond donors (Lipinski definition) is 0. The minimum Gasteiger partial charge on any atom is -0.341 e. The van der Waals surface area contributed by atoms with E-state index in [2.05, 4.69) is 0 Å². The summed E-state index contributed by atoms with van der Waals surface area (Å²) in [6, 6.07) is 5.08. The molecule has 1 atom stereocenters. The van der Waals surface area contributed by atoms with E-state index in [1.807, 2.05) is 13.8 Å². The van der Waals surface area contributed by atoms with Gasteiger partial charge in [0.25, 0.3) is 5.91 Å². The maximum Gasteiger partial charge on any atom is 0.254 e. The lowest BCUT2D eigenvalue weighted by Crippen LogP contribution is -2.47. The lowest BCUT2D eigenvalue weighted by molar-refractivity contribution is -0.134. The van der Waals surface area contributed by atoms with Crippen LogP contribution in [0.5, 0.6) is 0 Å². The molecule has 1 saturated heterocycles. The van der Waals surface area contributed by atoms with Gasteiger partial charge in [0.05, 0.1) is 0 Å². The van der Waals surface area contributed by atoms with Gasteiger partial charge < -0.3 is 9.80 Å². The smallest absolute Gasteiger partial charge is 0.254 e. The van der Waals surface area contributed by atoms with Gasteiger partial charge in [0, 0.05) is 25.2 Å². The van der Waals surface area contributed by atoms with E-state index < -0.39 is 0 Å². The molecule has 21 heavy (non-hydrogen) atoms. The largest absolute Gasteiger partial charge is 0.341 e. The second kappa shape index (κ2) is 6.70. The molecule has 0 unspecified atom stereocenters. The molecule has 0 N–H and O–H groups in total. The molecule has 114 valence electrons. The molecule has 0 spiro atoms. The van der Waals surface area contributed by atoms with Crippen LogP contribution in [0.4, 0.5) is 4.39 Å². The summed E-state index contributed by atoms with van der Waals surface area (Å²) in [5.41, 5.74) is 0.427. The fourth-order valence-corrected chi connectivity index (χ4v) is 2.77. The average Bonchev–Trinajstić information content (AvgIpc) is 2.97. The van der Waals surface area contributed by atoms with Gasteiger partial charge in [-0.05, 0) is 51.0 Å². The Hall–Kier alpha value is -1.91. The molecule has 0 aliphatic carbocycles. The Labute approximate surface area is 124 Å². The summed E-state index contributed by atoms with van der Waals surface area (Å²) in [6.07, 6.45) is 1.52. The summed E-state index contributed by atoms with van der Waals surface area (Å²) in [5, 5.41) is 0. The first-order valence-corrected chi connectivity index (χ1v) is 7.43. The Balaban J connectivity index is 2.16. The number of carbonyl (C=O) groups is 2. The van der Waals surface area contributed by atoms with Crippen molar-refractivity contribution >= 4 is 11.8 Å². The number of likely N-dealkylation sites (N-methyl/N-ethyl adjacent to an activating group) is 1. The van der Waals surface area contributed by atoms with Gasteiger partial charge in [-0.2, -0.15) is 0 Å². The highest BCUT2D eigenvalue weighted by Gasteiger charge is 2.36. The molecular weight excluding hydrogens is 271 g/mol. The predicted molar refractivity (Wildman–Crippen MR) is 78.4 cm³/mol. The molecule has 1 aromatic carbocycles. The predicted octanol–water partition coefficient (Wildman–Crippen LogP) is 2.30. The zero-order chi connectivity index (χ0) is 15.4. The summed E-state index contributed by atoms with van der Waals surface area (Å²) in [4.78, 5) is 28.4. The van der Waals surface area contributed by atoms with Gasteiger partial charge >= 0.3 is 0 Å². The fourth-order valence-electron chi connectivity index (χ4n) is 2.77. The molecule has 5 heteroatoms. The van der Waals surface area contributed by atoms with Crippen molar-refractivity contribution < 1.29 is 14.0 Å². The molecule has 2 rings (SSSR count). The molecule has 4 nitrogen and oxygen atoms in total. The molecule has 0 bridgehead atoms. The summed E-state index contributed by atoms with van der Waals surface area (Å²) in [6.45, 7) is 5.73. The Morgan fingerprint density at radius 2 is 1.86 bits per heavy atom. The van der Waals surface area contributed by atoms with Crippen molar-refractivity contribution in [1.82, 2.24) is 9.80 Å². The van der Waals surface area contributed by atoms with E-state index in [-0.39, 0.29) is 23.7 Å². The number of amides is 2. The number of benzene rings is 1. The van der Waals surface area contributed by atoms with Gasteiger partial charge in [0.15, 0.2) is 0 Å². The summed E-state index contributed by atoms with van der Waals surface area (Å²) >= 11 is 0. The van der Waals surface area contributed by atoms with Gasteiger partial charge in [-0.3, -0.25) is 9.59 Å². The normalized spacial score (nSPS) is 17.9. The van der Waals surface area contributed by atoms with Crippen molar-refractivity contribution in [2.24, 2.45) is 0 Å². The van der Waals surface area contributed by atoms with Crippen LogP contribution in [0.1, 0.15) is 37.0 Å². The molecule has 1 aromatic rings. The van der Waals surface area contributed by atoms with Crippen LogP contribution in [-0.4, -0.2) is 47.3 Å². The number of carbonyl (C=O) groups excluding carboxylic acids is 2. The van der Waals surface area contributed by atoms with Crippen molar-refractivity contribution in [2.75, 3.05) is 19.6 Å². The molecule has 1 aliphatic heterocycles. The standard InChI is InChI=1S/C16H21FN2O2/c1-3-18(4-2)16(21)14-6-5-11-19(14)15(20)12-7-9-13(17)10-8-12/h7-10,14H,3-6,11H2,1-2H3/t14-/m0/s1. The van der Waals surface area contributed by atoms with Crippen molar-refractivity contribution in [3.63, 3.8) is 0 Å². The lowest BCUT2D eigenvalue weighted by atomic mass is 10.1. The van der Waals surface area contributed by atoms with Crippen LogP contribution in [-0.2, 0) is 4.79 Å².